The van der Waals surface area contributed by atoms with E-state index in [0.29, 0.717) is 48.6 Å². The number of amides is 4. The van der Waals surface area contributed by atoms with Crippen LogP contribution in [0.3, 0.4) is 0 Å². The van der Waals surface area contributed by atoms with E-state index in [2.05, 4.69) is 11.9 Å². The number of fused-ring (bicyclic) bond motifs is 1. The molecule has 2 aliphatic heterocycles. The van der Waals surface area contributed by atoms with Gasteiger partial charge in [-0.1, -0.05) is 55.7 Å². The maximum atomic E-state index is 15.2. The third kappa shape index (κ3) is 8.55. The summed E-state index contributed by atoms with van der Waals surface area (Å²) in [6.07, 6.45) is 10.1. The standard InChI is InChI=1S/C45H55N5O8S/c1-3-31-27-45(31,44(54)50(59(55)56)32-17-18-32)47-42(52)39-24-34(58-40-26-37(30-15-9-5-10-16-30)46-38-23-33(57-2)19-20-35(38)40)28-49(39)43(53)36(29-13-7-4-8-14-29)25-41(51)48-21-11-6-12-22-48/h3,5,9-10,15-16,19-20,23,26,29,31-32,34,36,39,59H,1,4,6-8,11-14,17-18,21-22,24-25,27-28H2,2H3,(H,47,52)/t31?,34-,36+,39?,45?/m1/s1. The zero-order chi connectivity index (χ0) is 41.3. The Labute approximate surface area is 347 Å². The summed E-state index contributed by atoms with van der Waals surface area (Å²) in [7, 11) is -1.63. The predicted octanol–water partition coefficient (Wildman–Crippen LogP) is 5.44. The third-order valence-electron chi connectivity index (χ3n) is 13.1. The minimum atomic E-state index is -3.22. The van der Waals surface area contributed by atoms with Crippen LogP contribution in [0.5, 0.6) is 11.5 Å². The molecule has 3 saturated carbocycles. The lowest BCUT2D eigenvalue weighted by Gasteiger charge is -2.36. The summed E-state index contributed by atoms with van der Waals surface area (Å²) in [5.74, 6) is -1.46. The Morgan fingerprint density at radius 2 is 1.71 bits per heavy atom. The summed E-state index contributed by atoms with van der Waals surface area (Å²) in [4.78, 5) is 66.1. The highest BCUT2D eigenvalue weighted by molar-refractivity contribution is 7.70. The van der Waals surface area contributed by atoms with Crippen LogP contribution >= 0.6 is 0 Å². The second-order valence-electron chi connectivity index (χ2n) is 17.0. The van der Waals surface area contributed by atoms with Gasteiger partial charge in [-0.05, 0) is 69.4 Å². The zero-order valence-corrected chi connectivity index (χ0v) is 34.7. The molecule has 5 aliphatic rings. The number of carbonyl (C=O) groups is 4. The van der Waals surface area contributed by atoms with Crippen molar-refractivity contribution in [3.05, 3.63) is 67.3 Å². The van der Waals surface area contributed by atoms with Gasteiger partial charge in [0.1, 0.15) is 29.2 Å². The lowest BCUT2D eigenvalue weighted by molar-refractivity contribution is -0.147. The van der Waals surface area contributed by atoms with E-state index >= 15 is 4.79 Å². The molecule has 2 aromatic carbocycles. The average molecular weight is 826 g/mol. The maximum Gasteiger partial charge on any atom is 0.262 e. The molecule has 13 nitrogen and oxygen atoms in total. The molecule has 1 aromatic heterocycles. The van der Waals surface area contributed by atoms with Crippen LogP contribution < -0.4 is 14.8 Å². The summed E-state index contributed by atoms with van der Waals surface area (Å²) >= 11 is 0. The van der Waals surface area contributed by atoms with Gasteiger partial charge in [-0.25, -0.2) is 17.7 Å². The van der Waals surface area contributed by atoms with Crippen molar-refractivity contribution in [1.82, 2.24) is 24.4 Å². The first kappa shape index (κ1) is 40.8. The van der Waals surface area contributed by atoms with E-state index in [0.717, 1.165) is 66.6 Å². The third-order valence-corrected chi connectivity index (χ3v) is 14.0. The van der Waals surface area contributed by atoms with Crippen molar-refractivity contribution >= 4 is 45.4 Å². The van der Waals surface area contributed by atoms with Crippen LogP contribution in [0.15, 0.2) is 67.3 Å². The normalized spacial score (nSPS) is 25.0. The van der Waals surface area contributed by atoms with E-state index in [1.807, 2.05) is 59.5 Å². The maximum absolute atomic E-state index is 15.2. The molecule has 14 heteroatoms. The van der Waals surface area contributed by atoms with Gasteiger partial charge < -0.3 is 24.6 Å². The lowest BCUT2D eigenvalue weighted by Crippen LogP contribution is -2.57. The number of benzene rings is 2. The molecule has 0 radical (unpaired) electrons. The first-order valence-corrected chi connectivity index (χ1v) is 22.4. The summed E-state index contributed by atoms with van der Waals surface area (Å²) in [5.41, 5.74) is 0.725. The van der Waals surface area contributed by atoms with E-state index in [-0.39, 0.29) is 43.5 Å². The molecule has 59 heavy (non-hydrogen) atoms. The van der Waals surface area contributed by atoms with Gasteiger partial charge in [-0.15, -0.1) is 6.58 Å². The van der Waals surface area contributed by atoms with Gasteiger partial charge in [0.05, 0.1) is 24.9 Å². The van der Waals surface area contributed by atoms with Gasteiger partial charge in [-0.3, -0.25) is 19.2 Å². The quantitative estimate of drug-likeness (QED) is 0.160. The number of carbonyl (C=O) groups excluding carboxylic acids is 4. The molecule has 1 N–H and O–H groups in total. The fourth-order valence-electron chi connectivity index (χ4n) is 9.59. The number of ether oxygens (including phenoxy) is 2. The minimum Gasteiger partial charge on any atom is -0.497 e. The number of nitrogens with zero attached hydrogens (tertiary/aromatic N) is 4. The molecule has 314 valence electrons. The van der Waals surface area contributed by atoms with Crippen LogP contribution in [0.2, 0.25) is 0 Å². The number of hydrogen-bond donors (Lipinski definition) is 2. The van der Waals surface area contributed by atoms with E-state index < -0.39 is 58.3 Å². The topological polar surface area (TPSA) is 156 Å². The second-order valence-corrected chi connectivity index (χ2v) is 17.9. The van der Waals surface area contributed by atoms with E-state index in [4.69, 9.17) is 14.5 Å². The molecule has 3 heterocycles. The summed E-state index contributed by atoms with van der Waals surface area (Å²) in [6, 6.07) is 15.7. The molecule has 5 atom stereocenters. The predicted molar refractivity (Wildman–Crippen MR) is 223 cm³/mol. The van der Waals surface area contributed by atoms with Crippen LogP contribution in [0.4, 0.5) is 0 Å². The first-order chi connectivity index (χ1) is 28.6. The minimum absolute atomic E-state index is 0.0109. The molecule has 3 unspecified atom stereocenters. The number of likely N-dealkylation sites (tertiary alicyclic amines) is 2. The number of aromatic nitrogens is 1. The van der Waals surface area contributed by atoms with Crippen molar-refractivity contribution in [3.8, 4) is 22.8 Å². The SMILES string of the molecule is C=CC1CC1(NC(=O)C1C[C@@H](Oc2cc(-c3ccccc3)nc3cc(OC)ccc23)CN1C(=O)[C@@H](CC(=O)N1CCCCC1)C1CCCCC1)C(=O)N(C1CC1)[SH](=O)=O. The Morgan fingerprint density at radius 3 is 2.37 bits per heavy atom. The van der Waals surface area contributed by atoms with Crippen LogP contribution in [-0.2, 0) is 30.1 Å². The second kappa shape index (κ2) is 17.3. The van der Waals surface area contributed by atoms with Crippen LogP contribution in [0, 0.1) is 17.8 Å². The van der Waals surface area contributed by atoms with Crippen LogP contribution in [-0.4, -0.2) is 102 Å². The number of piperidine rings is 1. The highest BCUT2D eigenvalue weighted by Gasteiger charge is 2.63. The van der Waals surface area contributed by atoms with Gasteiger partial charge in [-0.2, -0.15) is 0 Å². The molecule has 0 bridgehead atoms. The van der Waals surface area contributed by atoms with E-state index in [1.54, 1.807) is 18.1 Å². The smallest absolute Gasteiger partial charge is 0.262 e. The highest BCUT2D eigenvalue weighted by Crippen LogP contribution is 2.48. The van der Waals surface area contributed by atoms with E-state index in [9.17, 15) is 22.8 Å². The van der Waals surface area contributed by atoms with Gasteiger partial charge in [0, 0.05) is 66.9 Å². The summed E-state index contributed by atoms with van der Waals surface area (Å²) < 4.78 is 37.9. The molecule has 8 rings (SSSR count). The number of hydrogen-bond acceptors (Lipinski definition) is 9. The number of thiol groups is 1. The fourth-order valence-corrected chi connectivity index (χ4v) is 10.4. The molecule has 4 amide bonds. The fraction of sp³-hybridized carbons (Fsp3) is 0.533. The van der Waals surface area contributed by atoms with E-state index in [1.165, 1.54) is 0 Å². The van der Waals surface area contributed by atoms with Crippen molar-refractivity contribution < 1.29 is 37.1 Å². The number of methoxy groups -OCH3 is 1. The number of pyridine rings is 1. The van der Waals surface area contributed by atoms with Gasteiger partial charge in [0.25, 0.3) is 5.91 Å². The van der Waals surface area contributed by atoms with Crippen molar-refractivity contribution in [3.63, 3.8) is 0 Å². The zero-order valence-electron chi connectivity index (χ0n) is 33.8. The lowest BCUT2D eigenvalue weighted by atomic mass is 9.77. The Balaban J connectivity index is 1.13. The average Bonchev–Trinajstić information content (AvgIpc) is 4.19. The van der Waals surface area contributed by atoms with Crippen LogP contribution in [0.25, 0.3) is 22.2 Å². The largest absolute Gasteiger partial charge is 0.497 e. The molecular formula is C45H55N5O8S. The first-order valence-electron chi connectivity index (χ1n) is 21.3. The van der Waals surface area contributed by atoms with Gasteiger partial charge in [0.2, 0.25) is 28.6 Å². The summed E-state index contributed by atoms with van der Waals surface area (Å²) in [6.45, 7) is 5.31. The molecular weight excluding hydrogens is 771 g/mol. The molecule has 5 fully saturated rings. The van der Waals surface area contributed by atoms with Crippen LogP contribution in [0.1, 0.15) is 83.5 Å². The summed E-state index contributed by atoms with van der Waals surface area (Å²) in [5, 5.41) is 3.69. The Kier molecular flexibility index (Phi) is 12.0. The van der Waals surface area contributed by atoms with Crippen molar-refractivity contribution in [2.24, 2.45) is 17.8 Å². The molecule has 3 aromatic rings. The Morgan fingerprint density at radius 1 is 0.983 bits per heavy atom. The monoisotopic (exact) mass is 825 g/mol. The molecule has 3 aliphatic carbocycles. The van der Waals surface area contributed by atoms with Crippen molar-refractivity contribution in [2.45, 2.75) is 107 Å². The number of nitrogens with one attached hydrogen (secondary N) is 1. The Hall–Kier alpha value is -4.98. The van der Waals surface area contributed by atoms with Crippen molar-refractivity contribution in [2.75, 3.05) is 26.7 Å². The Bertz CT molecular complexity index is 2160. The van der Waals surface area contributed by atoms with Gasteiger partial charge >= 0.3 is 0 Å². The van der Waals surface area contributed by atoms with Gasteiger partial charge in [0.15, 0.2) is 0 Å². The molecule has 2 saturated heterocycles. The number of rotatable bonds is 14. The highest BCUT2D eigenvalue weighted by atomic mass is 32.2. The molecule has 0 spiro atoms. The van der Waals surface area contributed by atoms with Crippen molar-refractivity contribution in [1.29, 1.82) is 0 Å².